The number of aliphatic imine (C=N–C) groups is 1. The van der Waals surface area contributed by atoms with E-state index in [0.29, 0.717) is 31.2 Å². The van der Waals surface area contributed by atoms with E-state index >= 15 is 0 Å². The fourth-order valence-corrected chi connectivity index (χ4v) is 2.17. The molecule has 0 aliphatic heterocycles. The Labute approximate surface area is 145 Å². The molecule has 1 aromatic carbocycles. The Morgan fingerprint density at radius 3 is 2.32 bits per heavy atom. The highest BCUT2D eigenvalue weighted by Gasteiger charge is 2.30. The number of benzene rings is 1. The Morgan fingerprint density at radius 1 is 1.12 bits per heavy atom. The lowest BCUT2D eigenvalue weighted by Gasteiger charge is -2.12. The largest absolute Gasteiger partial charge is 0.416 e. The summed E-state index contributed by atoms with van der Waals surface area (Å²) in [6.07, 6.45) is -2.39. The fourth-order valence-electron chi connectivity index (χ4n) is 2.17. The molecule has 0 bridgehead atoms. The maximum Gasteiger partial charge on any atom is 0.416 e. The third-order valence-corrected chi connectivity index (χ3v) is 3.71. The van der Waals surface area contributed by atoms with Gasteiger partial charge < -0.3 is 16.0 Å². The number of nitrogens with zero attached hydrogens (tertiary/aromatic N) is 1. The zero-order valence-electron chi connectivity index (χ0n) is 14.1. The molecule has 1 fully saturated rings. The van der Waals surface area contributed by atoms with Crippen LogP contribution in [0, 0.1) is 5.92 Å². The van der Waals surface area contributed by atoms with Crippen molar-refractivity contribution >= 4 is 11.9 Å². The van der Waals surface area contributed by atoms with E-state index < -0.39 is 11.7 Å². The average molecular weight is 356 g/mol. The molecule has 2 rings (SSSR count). The number of hydrogen-bond acceptors (Lipinski definition) is 2. The van der Waals surface area contributed by atoms with Gasteiger partial charge in [-0.15, -0.1) is 0 Å². The predicted octanol–water partition coefficient (Wildman–Crippen LogP) is 2.29. The topological polar surface area (TPSA) is 65.5 Å². The Kier molecular flexibility index (Phi) is 6.66. The molecular formula is C17H23F3N4O. The monoisotopic (exact) mass is 356 g/mol. The summed E-state index contributed by atoms with van der Waals surface area (Å²) < 4.78 is 37.6. The van der Waals surface area contributed by atoms with Crippen molar-refractivity contribution in [1.82, 2.24) is 16.0 Å². The fraction of sp³-hybridized carbons (Fsp3) is 0.529. The van der Waals surface area contributed by atoms with E-state index in [9.17, 15) is 18.0 Å². The summed E-state index contributed by atoms with van der Waals surface area (Å²) in [5, 5.41) is 8.99. The zero-order valence-corrected chi connectivity index (χ0v) is 14.1. The standard InChI is InChI=1S/C17H23F3N4O/c1-2-21-16(23-10-9-22-15(25)13-5-6-13)24-11-12-3-7-14(8-4-12)17(18,19)20/h3-4,7-8,13H,2,5-6,9-11H2,1H3,(H,22,25)(H2,21,23,24). The van der Waals surface area contributed by atoms with Crippen molar-refractivity contribution in [2.45, 2.75) is 32.5 Å². The van der Waals surface area contributed by atoms with E-state index in [-0.39, 0.29) is 18.4 Å². The van der Waals surface area contributed by atoms with Crippen LogP contribution in [-0.2, 0) is 17.5 Å². The van der Waals surface area contributed by atoms with Gasteiger partial charge in [-0.05, 0) is 37.5 Å². The third-order valence-electron chi connectivity index (χ3n) is 3.71. The number of rotatable bonds is 7. The first-order chi connectivity index (χ1) is 11.9. The smallest absolute Gasteiger partial charge is 0.357 e. The summed E-state index contributed by atoms with van der Waals surface area (Å²) in [5.74, 6) is 0.832. The second-order valence-electron chi connectivity index (χ2n) is 5.88. The Hall–Kier alpha value is -2.25. The first kappa shape index (κ1) is 19.1. The number of carbonyl (C=O) groups is 1. The molecule has 1 aromatic rings. The van der Waals surface area contributed by atoms with Crippen LogP contribution in [0.5, 0.6) is 0 Å². The highest BCUT2D eigenvalue weighted by atomic mass is 19.4. The van der Waals surface area contributed by atoms with Crippen LogP contribution in [-0.4, -0.2) is 31.5 Å². The van der Waals surface area contributed by atoms with Crippen molar-refractivity contribution in [3.8, 4) is 0 Å². The number of hydrogen-bond donors (Lipinski definition) is 3. The van der Waals surface area contributed by atoms with Gasteiger partial charge in [-0.2, -0.15) is 13.2 Å². The number of nitrogens with one attached hydrogen (secondary N) is 3. The molecule has 8 heteroatoms. The number of halogens is 3. The molecule has 1 amide bonds. The number of guanidine groups is 1. The molecule has 0 aromatic heterocycles. The molecule has 0 spiro atoms. The Balaban J connectivity index is 1.80. The SMILES string of the molecule is CCNC(=NCc1ccc(C(F)(F)F)cc1)NCCNC(=O)C1CC1. The van der Waals surface area contributed by atoms with Gasteiger partial charge in [0, 0.05) is 25.6 Å². The second-order valence-corrected chi connectivity index (χ2v) is 5.88. The summed E-state index contributed by atoms with van der Waals surface area (Å²) >= 11 is 0. The van der Waals surface area contributed by atoms with Crippen molar-refractivity contribution < 1.29 is 18.0 Å². The predicted molar refractivity (Wildman–Crippen MR) is 90.0 cm³/mol. The van der Waals surface area contributed by atoms with Crippen molar-refractivity contribution in [2.24, 2.45) is 10.9 Å². The molecule has 1 saturated carbocycles. The summed E-state index contributed by atoms with van der Waals surface area (Å²) in [7, 11) is 0. The molecule has 0 radical (unpaired) electrons. The van der Waals surface area contributed by atoms with E-state index in [0.717, 1.165) is 25.0 Å². The molecule has 5 nitrogen and oxygen atoms in total. The lowest BCUT2D eigenvalue weighted by atomic mass is 10.1. The quantitative estimate of drug-likeness (QED) is 0.399. The van der Waals surface area contributed by atoms with Gasteiger partial charge in [0.15, 0.2) is 5.96 Å². The van der Waals surface area contributed by atoms with E-state index in [1.54, 1.807) is 0 Å². The Morgan fingerprint density at radius 2 is 1.76 bits per heavy atom. The average Bonchev–Trinajstić information content (AvgIpc) is 3.40. The lowest BCUT2D eigenvalue weighted by molar-refractivity contribution is -0.137. The molecule has 1 aliphatic carbocycles. The normalized spacial score (nSPS) is 15.0. The van der Waals surface area contributed by atoms with Gasteiger partial charge in [-0.1, -0.05) is 12.1 Å². The lowest BCUT2D eigenvalue weighted by Crippen LogP contribution is -2.41. The van der Waals surface area contributed by atoms with Gasteiger partial charge in [0.2, 0.25) is 5.91 Å². The highest BCUT2D eigenvalue weighted by Crippen LogP contribution is 2.29. The first-order valence-corrected chi connectivity index (χ1v) is 8.36. The summed E-state index contributed by atoms with van der Waals surface area (Å²) in [5.41, 5.74) is 0.0175. The van der Waals surface area contributed by atoms with Crippen LogP contribution in [0.3, 0.4) is 0 Å². The zero-order chi connectivity index (χ0) is 18.3. The summed E-state index contributed by atoms with van der Waals surface area (Å²) in [6.45, 7) is 3.87. The van der Waals surface area contributed by atoms with Crippen LogP contribution in [0.15, 0.2) is 29.3 Å². The van der Waals surface area contributed by atoms with Gasteiger partial charge in [0.25, 0.3) is 0 Å². The van der Waals surface area contributed by atoms with Crippen molar-refractivity contribution in [1.29, 1.82) is 0 Å². The minimum Gasteiger partial charge on any atom is -0.357 e. The van der Waals surface area contributed by atoms with Crippen LogP contribution in [0.1, 0.15) is 30.9 Å². The van der Waals surface area contributed by atoms with Gasteiger partial charge in [0.1, 0.15) is 0 Å². The van der Waals surface area contributed by atoms with Crippen molar-refractivity contribution in [3.63, 3.8) is 0 Å². The van der Waals surface area contributed by atoms with E-state index in [1.807, 2.05) is 6.92 Å². The van der Waals surface area contributed by atoms with Gasteiger partial charge in [-0.25, -0.2) is 4.99 Å². The Bertz CT molecular complexity index is 595. The van der Waals surface area contributed by atoms with E-state index in [2.05, 4.69) is 20.9 Å². The number of alkyl halides is 3. The van der Waals surface area contributed by atoms with E-state index in [4.69, 9.17) is 0 Å². The van der Waals surface area contributed by atoms with Crippen LogP contribution in [0.4, 0.5) is 13.2 Å². The molecule has 1 aliphatic rings. The van der Waals surface area contributed by atoms with Crippen molar-refractivity contribution in [3.05, 3.63) is 35.4 Å². The molecule has 25 heavy (non-hydrogen) atoms. The van der Waals surface area contributed by atoms with Gasteiger partial charge in [-0.3, -0.25) is 4.79 Å². The van der Waals surface area contributed by atoms with E-state index in [1.165, 1.54) is 12.1 Å². The maximum absolute atomic E-state index is 12.5. The minimum atomic E-state index is -4.33. The molecule has 0 atom stereocenters. The summed E-state index contributed by atoms with van der Waals surface area (Å²) in [6, 6.07) is 4.95. The van der Waals surface area contributed by atoms with Crippen LogP contribution in [0.25, 0.3) is 0 Å². The highest BCUT2D eigenvalue weighted by molar-refractivity contribution is 5.81. The van der Waals surface area contributed by atoms with Crippen LogP contribution in [0.2, 0.25) is 0 Å². The molecule has 0 heterocycles. The molecule has 0 saturated heterocycles. The van der Waals surface area contributed by atoms with Gasteiger partial charge >= 0.3 is 6.18 Å². The molecular weight excluding hydrogens is 333 g/mol. The van der Waals surface area contributed by atoms with Crippen molar-refractivity contribution in [2.75, 3.05) is 19.6 Å². The maximum atomic E-state index is 12.5. The summed E-state index contributed by atoms with van der Waals surface area (Å²) in [4.78, 5) is 15.9. The minimum absolute atomic E-state index is 0.0912. The number of carbonyl (C=O) groups excluding carboxylic acids is 1. The first-order valence-electron chi connectivity index (χ1n) is 8.36. The second kappa shape index (κ2) is 8.73. The van der Waals surface area contributed by atoms with Gasteiger partial charge in [0.05, 0.1) is 12.1 Å². The van der Waals surface area contributed by atoms with Crippen LogP contribution >= 0.6 is 0 Å². The molecule has 138 valence electrons. The molecule has 3 N–H and O–H groups in total. The van der Waals surface area contributed by atoms with Crippen LogP contribution < -0.4 is 16.0 Å². The number of amides is 1. The molecule has 0 unspecified atom stereocenters. The third kappa shape index (κ3) is 6.64.